The van der Waals surface area contributed by atoms with E-state index in [1.165, 1.54) is 0 Å². The van der Waals surface area contributed by atoms with Gasteiger partial charge in [-0.1, -0.05) is 12.1 Å². The minimum Gasteiger partial charge on any atom is -0.497 e. The molecule has 2 atom stereocenters. The lowest BCUT2D eigenvalue weighted by Gasteiger charge is -2.33. The summed E-state index contributed by atoms with van der Waals surface area (Å²) in [6, 6.07) is 7.91. The maximum atomic E-state index is 11.7. The molecule has 110 valence electrons. The molecule has 5 nitrogen and oxygen atoms in total. The van der Waals surface area contributed by atoms with Crippen LogP contribution in [0.4, 0.5) is 0 Å². The molecule has 1 aromatic carbocycles. The Morgan fingerprint density at radius 2 is 2.05 bits per heavy atom. The fourth-order valence-electron chi connectivity index (χ4n) is 2.71. The average Bonchev–Trinajstić information content (AvgIpc) is 2.64. The Bertz CT molecular complexity index is 445. The van der Waals surface area contributed by atoms with Crippen LogP contribution in [-0.4, -0.2) is 43.6 Å². The Balaban J connectivity index is 2.22. The molecule has 1 amide bonds. The van der Waals surface area contributed by atoms with Gasteiger partial charge in [-0.2, -0.15) is 0 Å². The largest absolute Gasteiger partial charge is 0.497 e. The van der Waals surface area contributed by atoms with Gasteiger partial charge in [-0.3, -0.25) is 9.69 Å². The fraction of sp³-hybridized carbons (Fsp3) is 0.533. The number of carbonyl (C=O) groups excluding carboxylic acids is 1. The Morgan fingerprint density at radius 1 is 1.35 bits per heavy atom. The summed E-state index contributed by atoms with van der Waals surface area (Å²) >= 11 is 0. The molecule has 1 heterocycles. The number of ether oxygens (including phenoxy) is 1. The summed E-state index contributed by atoms with van der Waals surface area (Å²) in [7, 11) is 1.65. The molecule has 0 spiro atoms. The van der Waals surface area contributed by atoms with Gasteiger partial charge in [0.05, 0.1) is 19.7 Å². The van der Waals surface area contributed by atoms with Gasteiger partial charge in [0.1, 0.15) is 5.75 Å². The van der Waals surface area contributed by atoms with E-state index in [-0.39, 0.29) is 18.0 Å². The highest BCUT2D eigenvalue weighted by Crippen LogP contribution is 2.26. The standard InChI is InChI=1S/C15H23N3O2/c1-11(16)15(12-4-6-13(20-2)7-5-12)18-9-3-8-17-14(19)10-18/h4-7,11,15H,3,8-10,16H2,1-2H3,(H,17,19). The van der Waals surface area contributed by atoms with Crippen molar-refractivity contribution < 1.29 is 9.53 Å². The zero-order valence-corrected chi connectivity index (χ0v) is 12.1. The van der Waals surface area contributed by atoms with Gasteiger partial charge in [0.15, 0.2) is 0 Å². The number of carbonyl (C=O) groups is 1. The summed E-state index contributed by atoms with van der Waals surface area (Å²) in [5, 5.41) is 2.90. The van der Waals surface area contributed by atoms with E-state index in [1.54, 1.807) is 7.11 Å². The molecule has 2 unspecified atom stereocenters. The molecule has 3 N–H and O–H groups in total. The minimum absolute atomic E-state index is 0.0461. The number of benzene rings is 1. The van der Waals surface area contributed by atoms with Crippen molar-refractivity contribution in [2.24, 2.45) is 5.73 Å². The smallest absolute Gasteiger partial charge is 0.234 e. The first-order valence-electron chi connectivity index (χ1n) is 7.02. The van der Waals surface area contributed by atoms with Crippen LogP contribution < -0.4 is 15.8 Å². The van der Waals surface area contributed by atoms with Crippen LogP contribution in [0.15, 0.2) is 24.3 Å². The third-order valence-electron chi connectivity index (χ3n) is 3.64. The highest BCUT2D eigenvalue weighted by Gasteiger charge is 2.27. The number of nitrogens with zero attached hydrogens (tertiary/aromatic N) is 1. The second-order valence-corrected chi connectivity index (χ2v) is 5.25. The summed E-state index contributed by atoms with van der Waals surface area (Å²) in [5.41, 5.74) is 7.28. The maximum Gasteiger partial charge on any atom is 0.234 e. The molecule has 2 rings (SSSR count). The summed E-state index contributed by atoms with van der Waals surface area (Å²) < 4.78 is 5.18. The predicted octanol–water partition coefficient (Wildman–Crippen LogP) is 0.905. The summed E-state index contributed by atoms with van der Waals surface area (Å²) in [5.74, 6) is 0.896. The molecule has 1 aliphatic rings. The van der Waals surface area contributed by atoms with Gasteiger partial charge in [-0.25, -0.2) is 0 Å². The predicted molar refractivity (Wildman–Crippen MR) is 78.6 cm³/mol. The molecule has 1 aromatic rings. The van der Waals surface area contributed by atoms with Gasteiger partial charge in [0.25, 0.3) is 0 Å². The molecule has 0 aromatic heterocycles. The minimum atomic E-state index is -0.0469. The lowest BCUT2D eigenvalue weighted by Crippen LogP contribution is -2.42. The molecule has 1 fully saturated rings. The number of methoxy groups -OCH3 is 1. The highest BCUT2D eigenvalue weighted by molar-refractivity contribution is 5.78. The monoisotopic (exact) mass is 277 g/mol. The first kappa shape index (κ1) is 14.8. The van der Waals surface area contributed by atoms with E-state index in [9.17, 15) is 4.79 Å². The molecule has 1 saturated heterocycles. The van der Waals surface area contributed by atoms with Crippen molar-refractivity contribution in [1.82, 2.24) is 10.2 Å². The molecular weight excluding hydrogens is 254 g/mol. The molecule has 5 heteroatoms. The molecule has 0 saturated carbocycles. The second kappa shape index (κ2) is 6.72. The SMILES string of the molecule is COc1ccc(C(C(C)N)N2CCCNC(=O)C2)cc1. The molecule has 20 heavy (non-hydrogen) atoms. The van der Waals surface area contributed by atoms with Crippen LogP contribution in [0.3, 0.4) is 0 Å². The van der Waals surface area contributed by atoms with Gasteiger partial charge < -0.3 is 15.8 Å². The number of nitrogens with one attached hydrogen (secondary N) is 1. The Hall–Kier alpha value is -1.59. The van der Waals surface area contributed by atoms with E-state index in [0.29, 0.717) is 6.54 Å². The van der Waals surface area contributed by atoms with Gasteiger partial charge in [-0.05, 0) is 31.0 Å². The van der Waals surface area contributed by atoms with E-state index < -0.39 is 0 Å². The quantitative estimate of drug-likeness (QED) is 0.858. The van der Waals surface area contributed by atoms with Crippen LogP contribution in [-0.2, 0) is 4.79 Å². The van der Waals surface area contributed by atoms with Gasteiger partial charge in [0, 0.05) is 19.1 Å². The topological polar surface area (TPSA) is 67.6 Å². The van der Waals surface area contributed by atoms with Gasteiger partial charge in [-0.15, -0.1) is 0 Å². The van der Waals surface area contributed by atoms with E-state index in [2.05, 4.69) is 10.2 Å². The second-order valence-electron chi connectivity index (χ2n) is 5.25. The Labute approximate surface area is 120 Å². The van der Waals surface area contributed by atoms with Gasteiger partial charge >= 0.3 is 0 Å². The Morgan fingerprint density at radius 3 is 2.65 bits per heavy atom. The number of hydrogen-bond acceptors (Lipinski definition) is 4. The lowest BCUT2D eigenvalue weighted by atomic mass is 9.98. The highest BCUT2D eigenvalue weighted by atomic mass is 16.5. The molecule has 0 radical (unpaired) electrons. The molecule has 0 aliphatic carbocycles. The van der Waals surface area contributed by atoms with E-state index >= 15 is 0 Å². The summed E-state index contributed by atoms with van der Waals surface area (Å²) in [6.07, 6.45) is 0.950. The molecule has 0 bridgehead atoms. The van der Waals surface area contributed by atoms with Crippen LogP contribution in [0.2, 0.25) is 0 Å². The molecule has 1 aliphatic heterocycles. The number of rotatable bonds is 4. The number of nitrogens with two attached hydrogens (primary N) is 1. The summed E-state index contributed by atoms with van der Waals surface area (Å²) in [4.78, 5) is 13.9. The van der Waals surface area contributed by atoms with Crippen molar-refractivity contribution in [1.29, 1.82) is 0 Å². The van der Waals surface area contributed by atoms with Crippen LogP contribution in [0.25, 0.3) is 0 Å². The fourth-order valence-corrected chi connectivity index (χ4v) is 2.71. The first-order chi connectivity index (χ1) is 9.61. The van der Waals surface area contributed by atoms with Gasteiger partial charge in [0.2, 0.25) is 5.91 Å². The van der Waals surface area contributed by atoms with Crippen molar-refractivity contribution in [3.8, 4) is 5.75 Å². The maximum absolute atomic E-state index is 11.7. The number of amides is 1. The Kier molecular flexibility index (Phi) is 4.98. The summed E-state index contributed by atoms with van der Waals surface area (Å²) in [6.45, 7) is 4.00. The normalized spacial score (nSPS) is 19.9. The zero-order valence-electron chi connectivity index (χ0n) is 12.1. The van der Waals surface area contributed by atoms with Crippen molar-refractivity contribution in [2.45, 2.75) is 25.4 Å². The molecular formula is C15H23N3O2. The van der Waals surface area contributed by atoms with E-state index in [4.69, 9.17) is 10.5 Å². The van der Waals surface area contributed by atoms with Crippen molar-refractivity contribution >= 4 is 5.91 Å². The van der Waals surface area contributed by atoms with Crippen LogP contribution >= 0.6 is 0 Å². The van der Waals surface area contributed by atoms with Crippen molar-refractivity contribution in [3.05, 3.63) is 29.8 Å². The zero-order chi connectivity index (χ0) is 14.5. The van der Waals surface area contributed by atoms with E-state index in [1.807, 2.05) is 31.2 Å². The van der Waals surface area contributed by atoms with Crippen molar-refractivity contribution in [3.63, 3.8) is 0 Å². The average molecular weight is 277 g/mol. The van der Waals surface area contributed by atoms with Crippen LogP contribution in [0, 0.1) is 0 Å². The van der Waals surface area contributed by atoms with Crippen molar-refractivity contribution in [2.75, 3.05) is 26.7 Å². The van der Waals surface area contributed by atoms with Crippen LogP contribution in [0.1, 0.15) is 24.9 Å². The first-order valence-corrected chi connectivity index (χ1v) is 7.02. The lowest BCUT2D eigenvalue weighted by molar-refractivity contribution is -0.122. The number of hydrogen-bond donors (Lipinski definition) is 2. The van der Waals surface area contributed by atoms with E-state index in [0.717, 1.165) is 30.8 Å². The van der Waals surface area contributed by atoms with Crippen LogP contribution in [0.5, 0.6) is 5.75 Å². The third-order valence-corrected chi connectivity index (χ3v) is 3.64. The third kappa shape index (κ3) is 3.49.